The van der Waals surface area contributed by atoms with E-state index in [0.717, 1.165) is 131 Å². The number of rotatable bonds is 8. The van der Waals surface area contributed by atoms with E-state index in [9.17, 15) is 10.2 Å². The van der Waals surface area contributed by atoms with E-state index in [1.165, 1.54) is 0 Å². The van der Waals surface area contributed by atoms with E-state index < -0.39 is 10.2 Å². The average Bonchev–Trinajstić information content (AvgIpc) is 3.40. The van der Waals surface area contributed by atoms with Gasteiger partial charge in [0.2, 0.25) is 0 Å². The first-order valence-electron chi connectivity index (χ1n) is 23.1. The maximum absolute atomic E-state index is 12.5. The van der Waals surface area contributed by atoms with Crippen molar-refractivity contribution in [3.63, 3.8) is 0 Å². The van der Waals surface area contributed by atoms with Gasteiger partial charge < -0.3 is 10.2 Å². The molecule has 1 saturated carbocycles. The zero-order valence-corrected chi connectivity index (χ0v) is 40.4. The van der Waals surface area contributed by atoms with Gasteiger partial charge in [-0.1, -0.05) is 195 Å². The van der Waals surface area contributed by atoms with Crippen molar-refractivity contribution in [1.82, 2.24) is 0 Å². The zero-order valence-electron chi connectivity index (χ0n) is 38.3. The normalized spacial score (nSPS) is 14.9. The molecule has 1 aliphatic rings. The van der Waals surface area contributed by atoms with Crippen molar-refractivity contribution in [3.05, 3.63) is 205 Å². The van der Waals surface area contributed by atoms with E-state index in [1.54, 1.807) is 0 Å². The summed E-state index contributed by atoms with van der Waals surface area (Å²) in [6.07, 6.45) is 7.60. The van der Waals surface area contributed by atoms with Gasteiger partial charge in [-0.3, -0.25) is 9.98 Å². The number of fused-ring (bicyclic) bond motifs is 4. The molecule has 0 spiro atoms. The first-order chi connectivity index (χ1) is 34.6. The Morgan fingerprint density at radius 1 is 0.423 bits per heavy atom. The fraction of sp³-hybridized carbons (Fsp3) is 0.100. The summed E-state index contributed by atoms with van der Waals surface area (Å²) < 4.78 is 42.2. The number of aliphatic imine (C=N–C) groups is 2. The number of hydrogen-bond donors (Lipinski definition) is 2. The SMILES string of the molecule is Oc1c(C=N[C@H]2CCCC[C@@H]2N=Cc2cc3ccccc3c(-c3c(-c4ccccc4)ccc4ccccc34)c2O)cc2ccccc2c1-c1c(-c2ccccc2)ccc2ccccc12.[O-][Cl+3]([O-])([O-])[O-].[O]=[V]. The molecule has 10 aromatic rings. The van der Waals surface area contributed by atoms with Gasteiger partial charge in [-0.05, 0) is 90.3 Å². The Morgan fingerprint density at radius 2 is 0.732 bits per heavy atom. The second-order valence-corrected chi connectivity index (χ2v) is 18.1. The Morgan fingerprint density at radius 3 is 1.10 bits per heavy atom. The van der Waals surface area contributed by atoms with Gasteiger partial charge in [0.25, 0.3) is 0 Å². The fourth-order valence-electron chi connectivity index (χ4n) is 10.0. The van der Waals surface area contributed by atoms with Crippen molar-refractivity contribution < 1.29 is 60.1 Å². The number of halogens is 1. The molecule has 2 N–H and O–H groups in total. The van der Waals surface area contributed by atoms with E-state index in [0.29, 0.717) is 11.1 Å². The van der Waals surface area contributed by atoms with Gasteiger partial charge in [0.05, 0.1) is 12.1 Å². The molecular formula is C60H46ClN2O7V-. The van der Waals surface area contributed by atoms with Crippen LogP contribution in [-0.2, 0) is 21.0 Å². The molecule has 10 aromatic carbocycles. The molecule has 0 radical (unpaired) electrons. The van der Waals surface area contributed by atoms with E-state index >= 15 is 0 Å². The predicted molar refractivity (Wildman–Crippen MR) is 270 cm³/mol. The van der Waals surface area contributed by atoms with Gasteiger partial charge in [0.1, 0.15) is 11.5 Å². The third kappa shape index (κ3) is 10.6. The van der Waals surface area contributed by atoms with Crippen LogP contribution in [-0.4, -0.2) is 34.7 Å². The molecule has 11 heteroatoms. The first-order valence-corrected chi connectivity index (χ1v) is 24.9. The van der Waals surface area contributed by atoms with Crippen LogP contribution >= 0.6 is 0 Å². The predicted octanol–water partition coefficient (Wildman–Crippen LogP) is 10.4. The molecule has 0 aliphatic heterocycles. The molecule has 0 saturated heterocycles. The summed E-state index contributed by atoms with van der Waals surface area (Å²) in [5, 5.41) is 33.4. The number of benzene rings is 10. The molecule has 2 atom stereocenters. The summed E-state index contributed by atoms with van der Waals surface area (Å²) in [5.74, 6) is 0.424. The molecule has 1 fully saturated rings. The first kappa shape index (κ1) is 48.7. The molecule has 0 aromatic heterocycles. The third-order valence-corrected chi connectivity index (χ3v) is 13.1. The van der Waals surface area contributed by atoms with E-state index in [4.69, 9.17) is 32.3 Å². The monoisotopic (exact) mass is 992 g/mol. The van der Waals surface area contributed by atoms with Crippen LogP contribution in [0, 0.1) is 10.2 Å². The van der Waals surface area contributed by atoms with Crippen molar-refractivity contribution in [2.75, 3.05) is 0 Å². The summed E-state index contributed by atoms with van der Waals surface area (Å²) in [5.41, 5.74) is 9.27. The Labute approximate surface area is 422 Å². The van der Waals surface area contributed by atoms with Crippen LogP contribution in [0.2, 0.25) is 0 Å². The molecule has 0 bridgehead atoms. The number of phenolic OH excluding ortho intramolecular Hbond substituents is 2. The average molecular weight is 993 g/mol. The molecule has 71 heavy (non-hydrogen) atoms. The summed E-state index contributed by atoms with van der Waals surface area (Å²) >= 11 is 1.06. The maximum atomic E-state index is 12.5. The number of phenols is 2. The second kappa shape index (κ2) is 21.8. The molecule has 11 rings (SSSR count). The molecule has 1 aliphatic carbocycles. The van der Waals surface area contributed by atoms with Crippen molar-refractivity contribution in [2.45, 2.75) is 37.8 Å². The van der Waals surface area contributed by atoms with Crippen molar-refractivity contribution in [3.8, 4) is 56.0 Å². The third-order valence-electron chi connectivity index (χ3n) is 13.1. The zero-order chi connectivity index (χ0) is 49.5. The molecule has 9 nitrogen and oxygen atoms in total. The summed E-state index contributed by atoms with van der Waals surface area (Å²) in [7, 11) is -4.94. The second-order valence-electron chi connectivity index (χ2n) is 17.3. The van der Waals surface area contributed by atoms with Gasteiger partial charge in [0.15, 0.2) is 0 Å². The van der Waals surface area contributed by atoms with Gasteiger partial charge >= 0.3 is 21.0 Å². The standard InChI is InChI=1S/C60H46N2O2.ClHO4.O.V/c63-59-45(35-43-23-9-13-27-49(43)57(59)55-47-25-11-7-21-41(47)31-33-51(55)39-17-3-1-4-18-39)37-61-53-29-15-16-30-54(53)62-38-46-36-44-24-10-14-28-50(44)58(60(46)64)56-48-26-12-8-22-42(48)32-34-52(56)40-19-5-2-6-20-40;2-1(3,4)5;;/h1-14,17-28,31-38,53-54,63-64H,15-16,29-30H2;(H,2,3,4,5);;/p-1/t53-,54-;;;/m0.../s1. The summed E-state index contributed by atoms with van der Waals surface area (Å²) in [6, 6.07) is 66.9. The quantitative estimate of drug-likeness (QED) is 0.142. The van der Waals surface area contributed by atoms with E-state index in [1.807, 2.05) is 48.8 Å². The van der Waals surface area contributed by atoms with Crippen LogP contribution in [0.5, 0.6) is 11.5 Å². The molecule has 0 amide bonds. The van der Waals surface area contributed by atoms with Crippen molar-refractivity contribution in [1.29, 1.82) is 0 Å². The summed E-state index contributed by atoms with van der Waals surface area (Å²) in [6.45, 7) is 0. The van der Waals surface area contributed by atoms with E-state index in [-0.39, 0.29) is 23.6 Å². The van der Waals surface area contributed by atoms with Crippen LogP contribution < -0.4 is 18.6 Å². The van der Waals surface area contributed by atoms with Crippen LogP contribution in [0.3, 0.4) is 0 Å². The Balaban J connectivity index is 0.000000841. The number of aromatic hydroxyl groups is 2. The fourth-order valence-corrected chi connectivity index (χ4v) is 10.0. The molecular weight excluding hydrogens is 947 g/mol. The van der Waals surface area contributed by atoms with Crippen LogP contribution in [0.15, 0.2) is 204 Å². The Bertz CT molecular complexity index is 3350. The van der Waals surface area contributed by atoms with Gasteiger partial charge in [0, 0.05) is 45.8 Å². The summed E-state index contributed by atoms with van der Waals surface area (Å²) in [4.78, 5) is 10.5. The molecule has 351 valence electrons. The van der Waals surface area contributed by atoms with Gasteiger partial charge in [-0.2, -0.15) is 0 Å². The Kier molecular flexibility index (Phi) is 14.9. The number of hydrogen-bond acceptors (Lipinski definition) is 9. The minimum atomic E-state index is -4.94. The van der Waals surface area contributed by atoms with Crippen LogP contribution in [0.25, 0.3) is 87.6 Å². The number of nitrogens with zero attached hydrogens (tertiary/aromatic N) is 2. The minimum absolute atomic E-state index is 0.0958. The van der Waals surface area contributed by atoms with Crippen LogP contribution in [0.4, 0.5) is 0 Å². The van der Waals surface area contributed by atoms with E-state index in [2.05, 4.69) is 158 Å². The van der Waals surface area contributed by atoms with Gasteiger partial charge in [-0.15, -0.1) is 10.2 Å². The van der Waals surface area contributed by atoms with Crippen LogP contribution in [0.1, 0.15) is 36.8 Å². The van der Waals surface area contributed by atoms with Crippen molar-refractivity contribution >= 4 is 55.5 Å². The topological polar surface area (TPSA) is 174 Å². The Hall–Kier alpha value is -7.31. The molecule has 0 unspecified atom stereocenters. The van der Waals surface area contributed by atoms with Crippen molar-refractivity contribution in [2.24, 2.45) is 9.98 Å². The van der Waals surface area contributed by atoms with Gasteiger partial charge in [-0.25, -0.2) is 18.6 Å². The molecule has 0 heterocycles.